The second-order valence-electron chi connectivity index (χ2n) is 8.55. The highest BCUT2D eigenvalue weighted by Crippen LogP contribution is 2.60. The Labute approximate surface area is 175 Å². The fourth-order valence-electron chi connectivity index (χ4n) is 4.59. The summed E-state index contributed by atoms with van der Waals surface area (Å²) < 4.78 is 11.9. The summed E-state index contributed by atoms with van der Waals surface area (Å²) in [6, 6.07) is 0. The summed E-state index contributed by atoms with van der Waals surface area (Å²) in [6.45, 7) is 4.91. The summed E-state index contributed by atoms with van der Waals surface area (Å²) >= 11 is 0. The van der Waals surface area contributed by atoms with Crippen LogP contribution in [0.4, 0.5) is 0 Å². The normalized spacial score (nSPS) is 29.2. The van der Waals surface area contributed by atoms with Gasteiger partial charge in [0.1, 0.15) is 0 Å². The zero-order chi connectivity index (χ0) is 17.1. The van der Waals surface area contributed by atoms with Crippen molar-refractivity contribution in [3.05, 3.63) is 0 Å². The van der Waals surface area contributed by atoms with Crippen LogP contribution in [0.3, 0.4) is 0 Å². The number of hydrogen-bond acceptors (Lipinski definition) is 3. The summed E-state index contributed by atoms with van der Waals surface area (Å²) in [5.74, 6) is 2.10. The number of nitrogens with zero attached hydrogens (tertiary/aromatic N) is 2. The number of aliphatic imine (C=N–C) groups is 1. The Morgan fingerprint density at radius 2 is 1.92 bits per heavy atom. The molecule has 0 radical (unpaired) electrons. The van der Waals surface area contributed by atoms with Crippen LogP contribution in [0.5, 0.6) is 0 Å². The molecule has 0 spiro atoms. The highest BCUT2D eigenvalue weighted by Gasteiger charge is 2.53. The minimum Gasteiger partial charge on any atom is -0.376 e. The first-order valence-electron chi connectivity index (χ1n) is 10.5. The number of nitrogens with one attached hydrogen (secondary N) is 1. The van der Waals surface area contributed by atoms with Crippen LogP contribution in [0, 0.1) is 11.3 Å². The SMILES string of the molecule is CN=C(NCC1(C2CC2)CC1)N1CCC(OCC2CCCCO2)CC1.I. The average molecular weight is 477 g/mol. The van der Waals surface area contributed by atoms with Gasteiger partial charge < -0.3 is 19.7 Å². The van der Waals surface area contributed by atoms with Crippen molar-refractivity contribution in [2.24, 2.45) is 16.3 Å². The van der Waals surface area contributed by atoms with Gasteiger partial charge in [0, 0.05) is 33.3 Å². The third kappa shape index (κ3) is 5.25. The first-order valence-corrected chi connectivity index (χ1v) is 10.5. The van der Waals surface area contributed by atoms with Crippen LogP contribution in [-0.2, 0) is 9.47 Å². The van der Waals surface area contributed by atoms with Crippen molar-refractivity contribution in [3.8, 4) is 0 Å². The molecule has 2 aliphatic heterocycles. The number of piperidine rings is 1. The molecule has 4 rings (SSSR count). The van der Waals surface area contributed by atoms with E-state index in [9.17, 15) is 0 Å². The summed E-state index contributed by atoms with van der Waals surface area (Å²) in [5, 5.41) is 3.68. The molecule has 5 nitrogen and oxygen atoms in total. The second-order valence-corrected chi connectivity index (χ2v) is 8.55. The van der Waals surface area contributed by atoms with Gasteiger partial charge in [-0.1, -0.05) is 0 Å². The average Bonchev–Trinajstić information content (AvgIpc) is 3.56. The van der Waals surface area contributed by atoms with Gasteiger partial charge in [-0.2, -0.15) is 0 Å². The van der Waals surface area contributed by atoms with E-state index >= 15 is 0 Å². The van der Waals surface area contributed by atoms with Crippen molar-refractivity contribution in [1.29, 1.82) is 0 Å². The Morgan fingerprint density at radius 3 is 2.50 bits per heavy atom. The first kappa shape index (κ1) is 20.6. The molecule has 1 atom stereocenters. The number of ether oxygens (including phenoxy) is 2. The van der Waals surface area contributed by atoms with E-state index in [1.54, 1.807) is 0 Å². The quantitative estimate of drug-likeness (QED) is 0.362. The fraction of sp³-hybridized carbons (Fsp3) is 0.950. The van der Waals surface area contributed by atoms with Gasteiger partial charge >= 0.3 is 0 Å². The van der Waals surface area contributed by atoms with E-state index in [0.29, 0.717) is 17.6 Å². The zero-order valence-electron chi connectivity index (χ0n) is 16.3. The van der Waals surface area contributed by atoms with E-state index in [2.05, 4.69) is 15.2 Å². The van der Waals surface area contributed by atoms with Gasteiger partial charge in [0.05, 0.1) is 18.8 Å². The molecule has 4 fully saturated rings. The molecule has 2 saturated heterocycles. The molecule has 0 aromatic carbocycles. The molecular weight excluding hydrogens is 441 g/mol. The summed E-state index contributed by atoms with van der Waals surface area (Å²) in [5.41, 5.74) is 0.622. The maximum absolute atomic E-state index is 6.14. The van der Waals surface area contributed by atoms with Crippen LogP contribution < -0.4 is 5.32 Å². The maximum Gasteiger partial charge on any atom is 0.193 e. The molecule has 0 aromatic rings. The Bertz CT molecular complexity index is 466. The molecule has 0 amide bonds. The smallest absolute Gasteiger partial charge is 0.193 e. The van der Waals surface area contributed by atoms with Gasteiger partial charge in [0.25, 0.3) is 0 Å². The molecule has 26 heavy (non-hydrogen) atoms. The van der Waals surface area contributed by atoms with Crippen molar-refractivity contribution in [2.75, 3.05) is 39.9 Å². The highest BCUT2D eigenvalue weighted by molar-refractivity contribution is 14.0. The van der Waals surface area contributed by atoms with Gasteiger partial charge in [0.2, 0.25) is 0 Å². The Morgan fingerprint density at radius 1 is 1.15 bits per heavy atom. The second kappa shape index (κ2) is 9.41. The summed E-state index contributed by atoms with van der Waals surface area (Å²) in [6.07, 6.45) is 12.3. The monoisotopic (exact) mass is 477 g/mol. The van der Waals surface area contributed by atoms with Crippen molar-refractivity contribution in [2.45, 2.75) is 70.0 Å². The molecular formula is C20H36IN3O2. The molecule has 1 unspecified atom stereocenters. The minimum absolute atomic E-state index is 0. The number of likely N-dealkylation sites (tertiary alicyclic amines) is 1. The number of guanidine groups is 1. The number of halogens is 1. The lowest BCUT2D eigenvalue weighted by Crippen LogP contribution is -2.48. The van der Waals surface area contributed by atoms with Crippen LogP contribution in [0.15, 0.2) is 4.99 Å². The van der Waals surface area contributed by atoms with Crippen molar-refractivity contribution in [1.82, 2.24) is 10.2 Å². The lowest BCUT2D eigenvalue weighted by atomic mass is 10.0. The van der Waals surface area contributed by atoms with Crippen molar-refractivity contribution in [3.63, 3.8) is 0 Å². The fourth-order valence-corrected chi connectivity index (χ4v) is 4.59. The summed E-state index contributed by atoms with van der Waals surface area (Å²) in [7, 11) is 1.92. The van der Waals surface area contributed by atoms with E-state index in [-0.39, 0.29) is 24.0 Å². The van der Waals surface area contributed by atoms with Crippen LogP contribution >= 0.6 is 24.0 Å². The molecule has 4 aliphatic rings. The minimum atomic E-state index is 0. The molecule has 2 heterocycles. The maximum atomic E-state index is 6.14. The first-order chi connectivity index (χ1) is 12.3. The van der Waals surface area contributed by atoms with Crippen LogP contribution in [0.2, 0.25) is 0 Å². The van der Waals surface area contributed by atoms with Gasteiger partial charge in [-0.25, -0.2) is 0 Å². The number of hydrogen-bond donors (Lipinski definition) is 1. The highest BCUT2D eigenvalue weighted by atomic mass is 127. The van der Waals surface area contributed by atoms with E-state index in [4.69, 9.17) is 9.47 Å². The zero-order valence-corrected chi connectivity index (χ0v) is 18.6. The van der Waals surface area contributed by atoms with Crippen LogP contribution in [-0.4, -0.2) is 63.0 Å². The van der Waals surface area contributed by atoms with E-state index < -0.39 is 0 Å². The Kier molecular flexibility index (Phi) is 7.48. The Balaban J connectivity index is 0.00000196. The topological polar surface area (TPSA) is 46.1 Å². The van der Waals surface area contributed by atoms with Crippen LogP contribution in [0.25, 0.3) is 0 Å². The van der Waals surface area contributed by atoms with Gasteiger partial charge in [0.15, 0.2) is 5.96 Å². The third-order valence-corrected chi connectivity index (χ3v) is 6.68. The van der Waals surface area contributed by atoms with E-state index in [1.165, 1.54) is 38.5 Å². The van der Waals surface area contributed by atoms with Gasteiger partial charge in [-0.3, -0.25) is 4.99 Å². The third-order valence-electron chi connectivity index (χ3n) is 6.68. The largest absolute Gasteiger partial charge is 0.376 e. The van der Waals surface area contributed by atoms with Gasteiger partial charge in [-0.05, 0) is 69.1 Å². The predicted molar refractivity (Wildman–Crippen MR) is 115 cm³/mol. The van der Waals surface area contributed by atoms with Gasteiger partial charge in [-0.15, -0.1) is 24.0 Å². The van der Waals surface area contributed by atoms with E-state index in [0.717, 1.165) is 64.0 Å². The Hall–Kier alpha value is -0.0800. The molecule has 2 aliphatic carbocycles. The number of rotatable bonds is 6. The lowest BCUT2D eigenvalue weighted by Gasteiger charge is -2.35. The molecule has 0 aromatic heterocycles. The summed E-state index contributed by atoms with van der Waals surface area (Å²) in [4.78, 5) is 6.95. The molecule has 0 bridgehead atoms. The predicted octanol–water partition coefficient (Wildman–Crippen LogP) is 3.42. The van der Waals surface area contributed by atoms with Crippen molar-refractivity contribution < 1.29 is 9.47 Å². The molecule has 150 valence electrons. The van der Waals surface area contributed by atoms with Crippen LogP contribution in [0.1, 0.15) is 57.8 Å². The standard InChI is InChI=1S/C20H35N3O2.HI/c1-21-19(22-15-20(9-10-20)16-5-6-16)23-11-7-17(8-12-23)25-14-18-4-2-3-13-24-18;/h16-18H,2-15H2,1H3,(H,21,22);1H. The lowest BCUT2D eigenvalue weighted by molar-refractivity contribution is -0.0721. The molecule has 2 saturated carbocycles. The van der Waals surface area contributed by atoms with Crippen molar-refractivity contribution >= 4 is 29.9 Å². The molecule has 6 heteroatoms. The van der Waals surface area contributed by atoms with E-state index in [1.807, 2.05) is 7.05 Å². The molecule has 1 N–H and O–H groups in total.